The lowest BCUT2D eigenvalue weighted by Gasteiger charge is -1.97. The molecule has 1 aromatic carbocycles. The zero-order chi connectivity index (χ0) is 11.4. The van der Waals surface area contributed by atoms with Crippen LogP contribution in [0.2, 0.25) is 0 Å². The summed E-state index contributed by atoms with van der Waals surface area (Å²) in [5.41, 5.74) is 1.05. The Bertz CT molecular complexity index is 541. The van der Waals surface area contributed by atoms with Crippen LogP contribution in [0.4, 0.5) is 0 Å². The average molecular weight is 214 g/mol. The summed E-state index contributed by atoms with van der Waals surface area (Å²) in [6.45, 7) is 0. The molecule has 2 rings (SSSR count). The van der Waals surface area contributed by atoms with Gasteiger partial charge in [0, 0.05) is 23.5 Å². The molecule has 0 bridgehead atoms. The lowest BCUT2D eigenvalue weighted by molar-refractivity contribution is 0.411. The van der Waals surface area contributed by atoms with Gasteiger partial charge in [-0.25, -0.2) is 9.97 Å². The van der Waals surface area contributed by atoms with Gasteiger partial charge >= 0.3 is 0 Å². The van der Waals surface area contributed by atoms with Crippen molar-refractivity contribution in [3.63, 3.8) is 0 Å². The monoisotopic (exact) mass is 214 g/mol. The fourth-order valence-electron chi connectivity index (χ4n) is 1.41. The minimum atomic E-state index is -0.165. The van der Waals surface area contributed by atoms with Gasteiger partial charge in [-0.2, -0.15) is 0 Å². The van der Waals surface area contributed by atoms with E-state index in [0.29, 0.717) is 16.9 Å². The van der Waals surface area contributed by atoms with E-state index in [4.69, 9.17) is 4.74 Å². The van der Waals surface area contributed by atoms with Gasteiger partial charge in [-0.15, -0.1) is 0 Å². The van der Waals surface area contributed by atoms with E-state index < -0.39 is 0 Å². The van der Waals surface area contributed by atoms with Crippen LogP contribution in [-0.2, 0) is 0 Å². The molecule has 1 aromatic heterocycles. The van der Waals surface area contributed by atoms with Crippen molar-refractivity contribution in [2.24, 2.45) is 0 Å². The van der Waals surface area contributed by atoms with Crippen molar-refractivity contribution >= 4 is 0 Å². The van der Waals surface area contributed by atoms with Crippen molar-refractivity contribution in [2.45, 2.75) is 0 Å². The van der Waals surface area contributed by atoms with Crippen molar-refractivity contribution in [1.29, 1.82) is 0 Å². The lowest BCUT2D eigenvalue weighted by atomic mass is 10.1. The van der Waals surface area contributed by atoms with Crippen LogP contribution in [0.25, 0.3) is 11.1 Å². The first-order valence-electron chi connectivity index (χ1n) is 4.75. The first-order chi connectivity index (χ1) is 7.83. The van der Waals surface area contributed by atoms with E-state index in [2.05, 4.69) is 9.97 Å². The molecule has 4 nitrogen and oxygen atoms in total. The molecular formula is C12H10N2O2. The highest BCUT2D eigenvalue weighted by molar-refractivity contribution is 5.62. The molecule has 0 aliphatic heterocycles. The van der Waals surface area contributed by atoms with Gasteiger partial charge in [-0.05, 0) is 6.07 Å². The van der Waals surface area contributed by atoms with E-state index in [-0.39, 0.29) is 5.43 Å². The minimum Gasteiger partial charge on any atom is -0.493 e. The maximum absolute atomic E-state index is 12.0. The van der Waals surface area contributed by atoms with Gasteiger partial charge in [0.2, 0.25) is 5.43 Å². The predicted molar refractivity (Wildman–Crippen MR) is 60.3 cm³/mol. The van der Waals surface area contributed by atoms with Crippen LogP contribution >= 0.6 is 0 Å². The Balaban J connectivity index is 2.68. The Morgan fingerprint density at radius 2 is 1.81 bits per heavy atom. The standard InChI is InChI=1S/C12H10N2O2/c1-16-11-5-3-2-4-10(12(11)15)9-6-13-8-14-7-9/h2-8H,1H3. The van der Waals surface area contributed by atoms with Crippen LogP contribution in [0, 0.1) is 0 Å². The van der Waals surface area contributed by atoms with Gasteiger partial charge in [-0.1, -0.05) is 18.2 Å². The summed E-state index contributed by atoms with van der Waals surface area (Å²) < 4.78 is 5.01. The molecule has 0 fully saturated rings. The fourth-order valence-corrected chi connectivity index (χ4v) is 1.41. The van der Waals surface area contributed by atoms with Gasteiger partial charge in [-0.3, -0.25) is 4.79 Å². The molecule has 0 atom stereocenters. The van der Waals surface area contributed by atoms with Crippen LogP contribution < -0.4 is 10.2 Å². The third-order valence-corrected chi connectivity index (χ3v) is 2.18. The van der Waals surface area contributed by atoms with E-state index in [1.54, 1.807) is 36.7 Å². The molecular weight excluding hydrogens is 204 g/mol. The van der Waals surface area contributed by atoms with Crippen molar-refractivity contribution < 1.29 is 4.74 Å². The normalized spacial score (nSPS) is 9.81. The number of methoxy groups -OCH3 is 1. The van der Waals surface area contributed by atoms with E-state index in [1.807, 2.05) is 0 Å². The summed E-state index contributed by atoms with van der Waals surface area (Å²) >= 11 is 0. The molecule has 2 aromatic rings. The molecule has 4 heteroatoms. The number of nitrogens with zero attached hydrogens (tertiary/aromatic N) is 2. The predicted octanol–water partition coefficient (Wildman–Crippen LogP) is 1.51. The Kier molecular flexibility index (Phi) is 2.91. The zero-order valence-corrected chi connectivity index (χ0v) is 8.75. The third-order valence-electron chi connectivity index (χ3n) is 2.18. The van der Waals surface area contributed by atoms with Gasteiger partial charge in [0.15, 0.2) is 5.75 Å². The Morgan fingerprint density at radius 1 is 1.12 bits per heavy atom. The topological polar surface area (TPSA) is 52.1 Å². The molecule has 0 unspecified atom stereocenters. The Labute approximate surface area is 92.6 Å². The maximum atomic E-state index is 12.0. The molecule has 0 saturated heterocycles. The second kappa shape index (κ2) is 4.53. The highest BCUT2D eigenvalue weighted by atomic mass is 16.5. The van der Waals surface area contributed by atoms with Gasteiger partial charge < -0.3 is 4.74 Å². The fraction of sp³-hybridized carbons (Fsp3) is 0.0833. The second-order valence-corrected chi connectivity index (χ2v) is 3.16. The molecule has 0 aliphatic rings. The van der Waals surface area contributed by atoms with Gasteiger partial charge in [0.25, 0.3) is 0 Å². The summed E-state index contributed by atoms with van der Waals surface area (Å²) in [5.74, 6) is 0.309. The number of hydrogen-bond donors (Lipinski definition) is 0. The quantitative estimate of drug-likeness (QED) is 0.760. The van der Waals surface area contributed by atoms with Crippen LogP contribution in [0.5, 0.6) is 5.75 Å². The highest BCUT2D eigenvalue weighted by Gasteiger charge is 2.05. The van der Waals surface area contributed by atoms with Crippen molar-refractivity contribution in [2.75, 3.05) is 7.11 Å². The van der Waals surface area contributed by atoms with E-state index >= 15 is 0 Å². The van der Waals surface area contributed by atoms with Gasteiger partial charge in [0.05, 0.1) is 7.11 Å². The van der Waals surface area contributed by atoms with Crippen LogP contribution in [0.1, 0.15) is 0 Å². The van der Waals surface area contributed by atoms with Crippen LogP contribution in [-0.4, -0.2) is 17.1 Å². The molecule has 0 spiro atoms. The first-order valence-corrected chi connectivity index (χ1v) is 4.75. The van der Waals surface area contributed by atoms with Crippen LogP contribution in [0.3, 0.4) is 0 Å². The Morgan fingerprint density at radius 3 is 2.50 bits per heavy atom. The lowest BCUT2D eigenvalue weighted by Crippen LogP contribution is -2.05. The molecule has 0 amide bonds. The van der Waals surface area contributed by atoms with Gasteiger partial charge in [0.1, 0.15) is 6.33 Å². The Hall–Kier alpha value is -2.23. The number of rotatable bonds is 2. The highest BCUT2D eigenvalue weighted by Crippen LogP contribution is 2.14. The van der Waals surface area contributed by atoms with E-state index in [0.717, 1.165) is 0 Å². The SMILES string of the molecule is COc1ccccc(-c2cncnc2)c1=O. The van der Waals surface area contributed by atoms with Crippen molar-refractivity contribution in [3.05, 3.63) is 53.2 Å². The maximum Gasteiger partial charge on any atom is 0.228 e. The average Bonchev–Trinajstić information content (AvgIpc) is 2.52. The van der Waals surface area contributed by atoms with E-state index in [1.165, 1.54) is 13.4 Å². The minimum absolute atomic E-state index is 0.165. The summed E-state index contributed by atoms with van der Waals surface area (Å²) in [5, 5.41) is 0. The molecule has 0 saturated carbocycles. The summed E-state index contributed by atoms with van der Waals surface area (Å²) in [6.07, 6.45) is 4.63. The number of aromatic nitrogens is 2. The largest absolute Gasteiger partial charge is 0.493 e. The molecule has 16 heavy (non-hydrogen) atoms. The third kappa shape index (κ3) is 1.91. The summed E-state index contributed by atoms with van der Waals surface area (Å²) in [4.78, 5) is 19.8. The second-order valence-electron chi connectivity index (χ2n) is 3.16. The number of hydrogen-bond acceptors (Lipinski definition) is 4. The van der Waals surface area contributed by atoms with Crippen LogP contribution in [0.15, 0.2) is 47.8 Å². The van der Waals surface area contributed by atoms with Crippen molar-refractivity contribution in [3.8, 4) is 16.9 Å². The smallest absolute Gasteiger partial charge is 0.228 e. The molecule has 0 N–H and O–H groups in total. The molecule has 1 heterocycles. The van der Waals surface area contributed by atoms with Crippen molar-refractivity contribution in [1.82, 2.24) is 9.97 Å². The molecule has 80 valence electrons. The first kappa shape index (κ1) is 10.3. The summed E-state index contributed by atoms with van der Waals surface area (Å²) in [7, 11) is 1.47. The number of ether oxygens (including phenoxy) is 1. The zero-order valence-electron chi connectivity index (χ0n) is 8.75. The molecule has 0 radical (unpaired) electrons. The summed E-state index contributed by atoms with van der Waals surface area (Å²) in [6, 6.07) is 6.90. The molecule has 0 aliphatic carbocycles. The van der Waals surface area contributed by atoms with E-state index in [9.17, 15) is 4.79 Å².